The second-order valence-electron chi connectivity index (χ2n) is 7.98. The molecule has 1 amide bonds. The van der Waals surface area contributed by atoms with E-state index in [9.17, 15) is 14.0 Å². The van der Waals surface area contributed by atoms with E-state index in [2.05, 4.69) is 30.2 Å². The van der Waals surface area contributed by atoms with E-state index in [1.165, 1.54) is 13.2 Å². The van der Waals surface area contributed by atoms with E-state index in [0.29, 0.717) is 52.3 Å². The highest BCUT2D eigenvalue weighted by atomic mass is 19.1. The molecule has 0 bridgehead atoms. The van der Waals surface area contributed by atoms with Gasteiger partial charge < -0.3 is 4.74 Å². The van der Waals surface area contributed by atoms with E-state index in [-0.39, 0.29) is 11.4 Å². The lowest BCUT2D eigenvalue weighted by molar-refractivity contribution is 0.176. The summed E-state index contributed by atoms with van der Waals surface area (Å²) in [4.78, 5) is 32.5. The maximum atomic E-state index is 14.9. The summed E-state index contributed by atoms with van der Waals surface area (Å²) in [6, 6.07) is 12.1. The molecular weight excluding hydrogens is 437 g/mol. The van der Waals surface area contributed by atoms with Crippen molar-refractivity contribution in [1.82, 2.24) is 20.5 Å². The van der Waals surface area contributed by atoms with E-state index in [0.717, 1.165) is 16.5 Å². The lowest BCUT2D eigenvalue weighted by atomic mass is 9.96. The highest BCUT2D eigenvalue weighted by Gasteiger charge is 2.23. The molecule has 0 spiro atoms. The normalized spacial score (nSPS) is 12.4. The minimum Gasteiger partial charge on any atom is -0.453 e. The molecule has 2 aromatic carbocycles. The molecule has 34 heavy (non-hydrogen) atoms. The molecule has 0 atom stereocenters. The number of aromatic nitrogens is 3. The molecule has 1 aliphatic heterocycles. The van der Waals surface area contributed by atoms with Crippen LogP contribution in [0.2, 0.25) is 0 Å². The Kier molecular flexibility index (Phi) is 5.37. The third kappa shape index (κ3) is 3.81. The minimum absolute atomic E-state index is 0.249. The Morgan fingerprint density at radius 1 is 1.18 bits per heavy atom. The number of aromatic amines is 1. The van der Waals surface area contributed by atoms with Gasteiger partial charge in [0, 0.05) is 29.1 Å². The van der Waals surface area contributed by atoms with Gasteiger partial charge in [0.15, 0.2) is 0 Å². The van der Waals surface area contributed by atoms with Gasteiger partial charge in [0.1, 0.15) is 11.7 Å². The number of methoxy groups -OCH3 is 1. The van der Waals surface area contributed by atoms with Gasteiger partial charge in [0.05, 0.1) is 36.0 Å². The molecule has 0 saturated heterocycles. The Hall–Kier alpha value is -4.40. The predicted octanol–water partition coefficient (Wildman–Crippen LogP) is 3.97. The molecule has 0 aliphatic carbocycles. The number of nitrogens with zero attached hydrogens (tertiary/aromatic N) is 3. The lowest BCUT2D eigenvalue weighted by Crippen LogP contribution is -2.30. The molecule has 4 aromatic rings. The van der Waals surface area contributed by atoms with Crippen LogP contribution in [0.25, 0.3) is 21.9 Å². The third-order valence-electron chi connectivity index (χ3n) is 5.86. The third-order valence-corrected chi connectivity index (χ3v) is 5.86. The number of benzene rings is 2. The topological polar surface area (TPSA) is 109 Å². The molecule has 5 rings (SSSR count). The number of H-pyrrole nitrogens is 1. The van der Waals surface area contributed by atoms with Crippen molar-refractivity contribution in [1.29, 1.82) is 0 Å². The maximum absolute atomic E-state index is 14.9. The average molecular weight is 457 g/mol. The van der Waals surface area contributed by atoms with Crippen molar-refractivity contribution in [3.63, 3.8) is 0 Å². The number of amidine groups is 1. The maximum Gasteiger partial charge on any atom is 0.412 e. The fourth-order valence-corrected chi connectivity index (χ4v) is 4.16. The first-order valence-corrected chi connectivity index (χ1v) is 10.6. The average Bonchev–Trinajstić information content (AvgIpc) is 3.26. The number of carbonyl (C=O) groups excluding carboxylic acids is 1. The zero-order valence-electron chi connectivity index (χ0n) is 18.5. The van der Waals surface area contributed by atoms with Crippen LogP contribution < -0.4 is 10.9 Å². The van der Waals surface area contributed by atoms with Gasteiger partial charge in [-0.15, -0.1) is 0 Å². The zero-order valence-corrected chi connectivity index (χ0v) is 18.5. The summed E-state index contributed by atoms with van der Waals surface area (Å²) >= 11 is 0. The summed E-state index contributed by atoms with van der Waals surface area (Å²) in [7, 11) is 1.28. The van der Waals surface area contributed by atoms with Crippen molar-refractivity contribution >= 4 is 28.4 Å². The number of amides is 1. The fraction of sp³-hybridized carbons (Fsp3) is 0.160. The molecule has 2 aromatic heterocycles. The van der Waals surface area contributed by atoms with Crippen LogP contribution in [0.15, 0.2) is 58.4 Å². The van der Waals surface area contributed by atoms with E-state index in [4.69, 9.17) is 0 Å². The summed E-state index contributed by atoms with van der Waals surface area (Å²) in [5, 5.41) is 10.6. The van der Waals surface area contributed by atoms with Gasteiger partial charge in [0.25, 0.3) is 5.56 Å². The standard InChI is InChI=1S/C25H20FN5O3/c1-13-18(12-27-21-11-22(28-23(13)21)29-25(33)34-2)17-9-14(7-8-19(17)26)10-20-15-5-3-4-6-16(15)24(32)31-30-20/h3-9,12H,10-11H2,1-2H3,(H,31,32)(H,28,29,33). The van der Waals surface area contributed by atoms with Crippen LogP contribution in [0.5, 0.6) is 0 Å². The second-order valence-corrected chi connectivity index (χ2v) is 7.98. The van der Waals surface area contributed by atoms with Crippen molar-refractivity contribution in [2.45, 2.75) is 19.8 Å². The van der Waals surface area contributed by atoms with E-state index in [1.54, 1.807) is 30.5 Å². The molecule has 3 heterocycles. The molecule has 170 valence electrons. The molecule has 2 N–H and O–H groups in total. The van der Waals surface area contributed by atoms with E-state index >= 15 is 0 Å². The number of rotatable bonds is 3. The van der Waals surface area contributed by atoms with Crippen molar-refractivity contribution < 1.29 is 13.9 Å². The van der Waals surface area contributed by atoms with Crippen molar-refractivity contribution in [2.24, 2.45) is 4.99 Å². The summed E-state index contributed by atoms with van der Waals surface area (Å²) in [5.74, 6) is 0.0441. The number of pyridine rings is 1. The number of fused-ring (bicyclic) bond motifs is 2. The largest absolute Gasteiger partial charge is 0.453 e. The highest BCUT2D eigenvalue weighted by Crippen LogP contribution is 2.36. The number of nitrogens with one attached hydrogen (secondary N) is 2. The first-order chi connectivity index (χ1) is 16.4. The summed E-state index contributed by atoms with van der Waals surface area (Å²) in [5.41, 5.74) is 4.35. The van der Waals surface area contributed by atoms with Crippen LogP contribution >= 0.6 is 0 Å². The van der Waals surface area contributed by atoms with Crippen LogP contribution in [0, 0.1) is 12.7 Å². The number of hydrogen-bond acceptors (Lipinski definition) is 6. The molecule has 8 nitrogen and oxygen atoms in total. The lowest BCUT2D eigenvalue weighted by Gasteiger charge is -2.12. The fourth-order valence-electron chi connectivity index (χ4n) is 4.16. The predicted molar refractivity (Wildman–Crippen MR) is 126 cm³/mol. The second kappa shape index (κ2) is 8.51. The SMILES string of the molecule is COC(=O)NC1=Nc2c(ncc(-c3cc(Cc4n[nH]c(=O)c5ccccc45)ccc3F)c2C)C1. The monoisotopic (exact) mass is 457 g/mol. The van der Waals surface area contributed by atoms with Crippen molar-refractivity contribution in [3.8, 4) is 11.1 Å². The molecule has 0 fully saturated rings. The molecular formula is C25H20FN5O3. The van der Waals surface area contributed by atoms with Gasteiger partial charge in [-0.05, 0) is 36.2 Å². The number of hydrogen-bond donors (Lipinski definition) is 2. The number of aliphatic imine (C=N–C) groups is 1. The van der Waals surface area contributed by atoms with Gasteiger partial charge in [-0.3, -0.25) is 15.1 Å². The Morgan fingerprint density at radius 3 is 2.76 bits per heavy atom. The van der Waals surface area contributed by atoms with Gasteiger partial charge in [-0.25, -0.2) is 19.3 Å². The van der Waals surface area contributed by atoms with Crippen LogP contribution in [-0.4, -0.2) is 34.2 Å². The van der Waals surface area contributed by atoms with Gasteiger partial charge in [-0.2, -0.15) is 5.10 Å². The first-order valence-electron chi connectivity index (χ1n) is 10.6. The highest BCUT2D eigenvalue weighted by molar-refractivity contribution is 6.01. The number of alkyl carbamates (subject to hydrolysis) is 1. The van der Waals surface area contributed by atoms with Crippen LogP contribution in [0.3, 0.4) is 0 Å². The Balaban J connectivity index is 1.52. The Labute approximate surface area is 193 Å². The zero-order chi connectivity index (χ0) is 23.8. The molecule has 0 radical (unpaired) electrons. The molecule has 0 saturated carbocycles. The van der Waals surface area contributed by atoms with Gasteiger partial charge in [-0.1, -0.05) is 24.3 Å². The van der Waals surface area contributed by atoms with Crippen LogP contribution in [0.4, 0.5) is 14.9 Å². The molecule has 1 aliphatic rings. The quantitative estimate of drug-likeness (QED) is 0.484. The minimum atomic E-state index is -0.605. The smallest absolute Gasteiger partial charge is 0.412 e. The first kappa shape index (κ1) is 21.4. The molecule has 0 unspecified atom stereocenters. The van der Waals surface area contributed by atoms with E-state index < -0.39 is 6.09 Å². The summed E-state index contributed by atoms with van der Waals surface area (Å²) in [6.45, 7) is 1.85. The summed E-state index contributed by atoms with van der Waals surface area (Å²) in [6.07, 6.45) is 1.79. The van der Waals surface area contributed by atoms with Crippen molar-refractivity contribution in [3.05, 3.63) is 87.3 Å². The number of ether oxygens (including phenoxy) is 1. The number of halogens is 1. The number of carbonyl (C=O) groups is 1. The summed E-state index contributed by atoms with van der Waals surface area (Å²) < 4.78 is 19.5. The van der Waals surface area contributed by atoms with Crippen LogP contribution in [-0.2, 0) is 17.6 Å². The Morgan fingerprint density at radius 2 is 1.97 bits per heavy atom. The van der Waals surface area contributed by atoms with Gasteiger partial charge in [0.2, 0.25) is 0 Å². The van der Waals surface area contributed by atoms with Gasteiger partial charge >= 0.3 is 6.09 Å². The Bertz CT molecular complexity index is 1540. The van der Waals surface area contributed by atoms with Crippen molar-refractivity contribution in [2.75, 3.05) is 7.11 Å². The van der Waals surface area contributed by atoms with Crippen LogP contribution in [0.1, 0.15) is 22.5 Å². The molecule has 9 heteroatoms. The van der Waals surface area contributed by atoms with E-state index in [1.807, 2.05) is 19.1 Å².